The maximum atomic E-state index is 12.8. The van der Waals surface area contributed by atoms with E-state index < -0.39 is 17.6 Å². The molecule has 0 spiro atoms. The summed E-state index contributed by atoms with van der Waals surface area (Å²) in [5.74, 6) is -0.148. The second kappa shape index (κ2) is 21.0. The van der Waals surface area contributed by atoms with Crippen molar-refractivity contribution < 1.29 is 14.3 Å². The molecule has 2 amide bonds. The first kappa shape index (κ1) is 33.0. The summed E-state index contributed by atoms with van der Waals surface area (Å²) in [6.07, 6.45) is 20.7. The van der Waals surface area contributed by atoms with Crippen molar-refractivity contribution in [3.8, 4) is 0 Å². The highest BCUT2D eigenvalue weighted by Gasteiger charge is 2.33. The van der Waals surface area contributed by atoms with Crippen LogP contribution in [0.25, 0.3) is 0 Å². The minimum absolute atomic E-state index is 0.148. The maximum Gasteiger partial charge on any atom is 0.408 e. The largest absolute Gasteiger partial charge is 0.445 e. The first-order valence-electron chi connectivity index (χ1n) is 15.1. The molecule has 5 heteroatoms. The van der Waals surface area contributed by atoms with E-state index in [0.29, 0.717) is 6.54 Å². The van der Waals surface area contributed by atoms with E-state index in [0.717, 1.165) is 18.4 Å². The third-order valence-electron chi connectivity index (χ3n) is 6.93. The summed E-state index contributed by atoms with van der Waals surface area (Å²) in [5, 5.41) is 5.77. The molecule has 212 valence electrons. The van der Waals surface area contributed by atoms with Crippen molar-refractivity contribution >= 4 is 12.0 Å². The molecule has 1 atom stereocenters. The summed E-state index contributed by atoms with van der Waals surface area (Å²) in [6.45, 7) is 8.95. The van der Waals surface area contributed by atoms with E-state index in [1.54, 1.807) is 0 Å². The predicted octanol–water partition coefficient (Wildman–Crippen LogP) is 8.71. The molecule has 1 aromatic rings. The first-order valence-corrected chi connectivity index (χ1v) is 15.1. The highest BCUT2D eigenvalue weighted by molar-refractivity contribution is 5.86. The molecule has 1 unspecified atom stereocenters. The fourth-order valence-corrected chi connectivity index (χ4v) is 4.54. The molecule has 0 aliphatic heterocycles. The van der Waals surface area contributed by atoms with Gasteiger partial charge in [0.1, 0.15) is 12.6 Å². The summed E-state index contributed by atoms with van der Waals surface area (Å²) >= 11 is 0. The minimum Gasteiger partial charge on any atom is -0.445 e. The van der Waals surface area contributed by atoms with Gasteiger partial charge in [0.2, 0.25) is 5.91 Å². The van der Waals surface area contributed by atoms with Crippen molar-refractivity contribution in [1.29, 1.82) is 0 Å². The molecule has 5 nitrogen and oxygen atoms in total. The maximum absolute atomic E-state index is 12.8. The number of ether oxygens (including phenoxy) is 1. The molecule has 0 aliphatic rings. The van der Waals surface area contributed by atoms with Crippen molar-refractivity contribution in [3.05, 3.63) is 35.9 Å². The molecular weight excluding hydrogens is 460 g/mol. The summed E-state index contributed by atoms with van der Waals surface area (Å²) in [7, 11) is 0. The van der Waals surface area contributed by atoms with Gasteiger partial charge >= 0.3 is 6.09 Å². The van der Waals surface area contributed by atoms with Crippen molar-refractivity contribution in [3.63, 3.8) is 0 Å². The molecule has 0 aromatic heterocycles. The predicted molar refractivity (Wildman–Crippen MR) is 156 cm³/mol. The van der Waals surface area contributed by atoms with Gasteiger partial charge in [-0.1, -0.05) is 154 Å². The second-order valence-corrected chi connectivity index (χ2v) is 11.6. The van der Waals surface area contributed by atoms with E-state index in [-0.39, 0.29) is 12.5 Å². The Morgan fingerprint density at radius 1 is 0.730 bits per heavy atom. The van der Waals surface area contributed by atoms with Crippen LogP contribution >= 0.6 is 0 Å². The lowest BCUT2D eigenvalue weighted by molar-refractivity contribution is -0.125. The molecule has 1 rings (SSSR count). The fourth-order valence-electron chi connectivity index (χ4n) is 4.54. The third-order valence-corrected chi connectivity index (χ3v) is 6.93. The Labute approximate surface area is 227 Å². The lowest BCUT2D eigenvalue weighted by Gasteiger charge is -2.30. The van der Waals surface area contributed by atoms with Crippen LogP contribution in [0.2, 0.25) is 0 Å². The quantitative estimate of drug-likeness (QED) is 0.161. The van der Waals surface area contributed by atoms with Crippen LogP contribution in [-0.4, -0.2) is 24.6 Å². The molecule has 0 radical (unpaired) electrons. The smallest absolute Gasteiger partial charge is 0.408 e. The van der Waals surface area contributed by atoms with Crippen LogP contribution in [0.1, 0.15) is 136 Å². The number of hydrogen-bond acceptors (Lipinski definition) is 3. The van der Waals surface area contributed by atoms with E-state index in [1.165, 1.54) is 89.9 Å². The van der Waals surface area contributed by atoms with Crippen LogP contribution in [0.3, 0.4) is 0 Å². The SMILES string of the molecule is CCCCCCCCCCCCCCCCCCNC(=O)C(NC(=O)OCc1ccccc1)C(C)(C)C. The molecule has 1 aromatic carbocycles. The number of carbonyl (C=O) groups is 2. The zero-order chi connectivity index (χ0) is 27.2. The molecule has 0 bridgehead atoms. The number of carbonyl (C=O) groups excluding carboxylic acids is 2. The number of alkyl carbamates (subject to hydrolysis) is 1. The highest BCUT2D eigenvalue weighted by Crippen LogP contribution is 2.20. The monoisotopic (exact) mass is 516 g/mol. The van der Waals surface area contributed by atoms with Gasteiger partial charge in [0, 0.05) is 6.54 Å². The number of rotatable bonds is 21. The molecule has 37 heavy (non-hydrogen) atoms. The molecule has 0 fully saturated rings. The lowest BCUT2D eigenvalue weighted by atomic mass is 9.86. The van der Waals surface area contributed by atoms with Crippen LogP contribution in [0.5, 0.6) is 0 Å². The molecule has 2 N–H and O–H groups in total. The fraction of sp³-hybridized carbons (Fsp3) is 0.750. The average molecular weight is 517 g/mol. The zero-order valence-electron chi connectivity index (χ0n) is 24.4. The molecule has 0 saturated heterocycles. The van der Waals surface area contributed by atoms with E-state index in [9.17, 15) is 9.59 Å². The number of unbranched alkanes of at least 4 members (excludes halogenated alkanes) is 15. The normalized spacial score (nSPS) is 12.2. The van der Waals surface area contributed by atoms with Gasteiger partial charge < -0.3 is 15.4 Å². The van der Waals surface area contributed by atoms with E-state index in [1.807, 2.05) is 51.1 Å². The van der Waals surface area contributed by atoms with Crippen molar-refractivity contribution in [2.45, 2.75) is 143 Å². The van der Waals surface area contributed by atoms with Crippen molar-refractivity contribution in [2.75, 3.05) is 6.54 Å². The van der Waals surface area contributed by atoms with Gasteiger partial charge in [-0.2, -0.15) is 0 Å². The zero-order valence-corrected chi connectivity index (χ0v) is 24.4. The van der Waals surface area contributed by atoms with Crippen LogP contribution in [0.4, 0.5) is 4.79 Å². The van der Waals surface area contributed by atoms with Crippen LogP contribution in [0, 0.1) is 5.41 Å². The van der Waals surface area contributed by atoms with E-state index in [2.05, 4.69) is 17.6 Å². The highest BCUT2D eigenvalue weighted by atomic mass is 16.5. The standard InChI is InChI=1S/C32H56N2O3/c1-5-6-7-8-9-10-11-12-13-14-15-16-17-18-19-23-26-33-30(35)29(32(2,3)4)34-31(36)37-27-28-24-21-20-22-25-28/h20-22,24-25,29H,5-19,23,26-27H2,1-4H3,(H,33,35)(H,34,36). The second-order valence-electron chi connectivity index (χ2n) is 11.6. The van der Waals surface area contributed by atoms with Gasteiger partial charge in [0.25, 0.3) is 0 Å². The summed E-state index contributed by atoms with van der Waals surface area (Å²) in [5.41, 5.74) is 0.503. The summed E-state index contributed by atoms with van der Waals surface area (Å²) in [4.78, 5) is 25.1. The molecule has 0 heterocycles. The Hall–Kier alpha value is -2.04. The van der Waals surface area contributed by atoms with E-state index >= 15 is 0 Å². The van der Waals surface area contributed by atoms with Gasteiger partial charge in [-0.15, -0.1) is 0 Å². The van der Waals surface area contributed by atoms with Crippen molar-refractivity contribution in [2.24, 2.45) is 5.41 Å². The van der Waals surface area contributed by atoms with Gasteiger partial charge in [-0.05, 0) is 17.4 Å². The summed E-state index contributed by atoms with van der Waals surface area (Å²) < 4.78 is 5.31. The third kappa shape index (κ3) is 18.0. The first-order chi connectivity index (χ1) is 17.8. The Morgan fingerprint density at radius 3 is 1.65 bits per heavy atom. The Kier molecular flexibility index (Phi) is 18.7. The number of amides is 2. The number of benzene rings is 1. The Balaban J connectivity index is 2.05. The number of hydrogen-bond donors (Lipinski definition) is 2. The summed E-state index contributed by atoms with van der Waals surface area (Å²) in [6, 6.07) is 8.89. The average Bonchev–Trinajstić information content (AvgIpc) is 2.87. The molecule has 0 aliphatic carbocycles. The topological polar surface area (TPSA) is 67.4 Å². The molecular formula is C32H56N2O3. The van der Waals surface area contributed by atoms with Crippen LogP contribution in [-0.2, 0) is 16.1 Å². The lowest BCUT2D eigenvalue weighted by Crippen LogP contribution is -2.53. The van der Waals surface area contributed by atoms with Gasteiger partial charge in [-0.25, -0.2) is 4.79 Å². The Morgan fingerprint density at radius 2 is 1.19 bits per heavy atom. The van der Waals surface area contributed by atoms with Gasteiger partial charge in [-0.3, -0.25) is 4.79 Å². The molecule has 0 saturated carbocycles. The van der Waals surface area contributed by atoms with Crippen LogP contribution in [0.15, 0.2) is 30.3 Å². The van der Waals surface area contributed by atoms with Crippen LogP contribution < -0.4 is 10.6 Å². The van der Waals surface area contributed by atoms with Gasteiger partial charge in [0.05, 0.1) is 0 Å². The Bertz CT molecular complexity index is 700. The minimum atomic E-state index is -0.642. The van der Waals surface area contributed by atoms with E-state index in [4.69, 9.17) is 4.74 Å². The van der Waals surface area contributed by atoms with Crippen molar-refractivity contribution in [1.82, 2.24) is 10.6 Å². The van der Waals surface area contributed by atoms with Gasteiger partial charge in [0.15, 0.2) is 0 Å². The number of nitrogens with one attached hydrogen (secondary N) is 2.